The minimum absolute atomic E-state index is 0.0887. The predicted molar refractivity (Wildman–Crippen MR) is 57.6 cm³/mol. The average Bonchev–Trinajstić information content (AvgIpc) is 2.56. The van der Waals surface area contributed by atoms with Gasteiger partial charge in [0.05, 0.1) is 18.7 Å². The fourth-order valence-electron chi connectivity index (χ4n) is 1.31. The summed E-state index contributed by atoms with van der Waals surface area (Å²) in [5.41, 5.74) is 0.881. The van der Waals surface area contributed by atoms with Crippen molar-refractivity contribution in [3.63, 3.8) is 0 Å². The van der Waals surface area contributed by atoms with Gasteiger partial charge in [-0.15, -0.1) is 0 Å². The molecule has 6 nitrogen and oxygen atoms in total. The predicted octanol–water partition coefficient (Wildman–Crippen LogP) is 0.996. The molecule has 1 aromatic rings. The van der Waals surface area contributed by atoms with Gasteiger partial charge in [-0.05, 0) is 6.92 Å². The minimum Gasteiger partial charge on any atom is -0.478 e. The Morgan fingerprint density at radius 2 is 2.25 bits per heavy atom. The monoisotopic (exact) mass is 226 g/mol. The number of rotatable bonds is 5. The molecule has 1 rings (SSSR count). The summed E-state index contributed by atoms with van der Waals surface area (Å²) in [4.78, 5) is 25.0. The normalized spacial score (nSPS) is 10.1. The number of carbonyl (C=O) groups excluding carboxylic acids is 1. The second-order valence-corrected chi connectivity index (χ2v) is 3.30. The number of ether oxygens (including phenoxy) is 1. The highest BCUT2D eigenvalue weighted by Crippen LogP contribution is 2.19. The lowest BCUT2D eigenvalue weighted by Gasteiger charge is -2.04. The maximum Gasteiger partial charge on any atom is 0.339 e. The Labute approximate surface area is 92.6 Å². The summed E-state index contributed by atoms with van der Waals surface area (Å²) >= 11 is 0. The largest absolute Gasteiger partial charge is 0.478 e. The van der Waals surface area contributed by atoms with E-state index in [-0.39, 0.29) is 23.6 Å². The first-order chi connectivity index (χ1) is 7.56. The number of carboxylic acid groups (broad SMARTS) is 1. The SMILES string of the molecule is COCCC(=O)Nc1c[nH]c(C)c1C(=O)O. The molecule has 0 unspecified atom stereocenters. The van der Waals surface area contributed by atoms with Gasteiger partial charge in [0.15, 0.2) is 0 Å². The van der Waals surface area contributed by atoms with Crippen LogP contribution in [0.2, 0.25) is 0 Å². The van der Waals surface area contributed by atoms with Crippen LogP contribution in [0.1, 0.15) is 22.5 Å². The molecular weight excluding hydrogens is 212 g/mol. The van der Waals surface area contributed by atoms with Crippen molar-refractivity contribution in [1.29, 1.82) is 0 Å². The van der Waals surface area contributed by atoms with Crippen LogP contribution < -0.4 is 5.32 Å². The minimum atomic E-state index is -1.07. The van der Waals surface area contributed by atoms with Gasteiger partial charge < -0.3 is 20.1 Å². The van der Waals surface area contributed by atoms with E-state index in [2.05, 4.69) is 10.3 Å². The first kappa shape index (κ1) is 12.3. The number of amides is 1. The number of carboxylic acids is 1. The molecule has 0 saturated carbocycles. The summed E-state index contributed by atoms with van der Waals surface area (Å²) in [6.45, 7) is 1.94. The number of carbonyl (C=O) groups is 2. The van der Waals surface area contributed by atoms with Crippen LogP contribution in [-0.2, 0) is 9.53 Å². The van der Waals surface area contributed by atoms with Gasteiger partial charge in [-0.3, -0.25) is 4.79 Å². The van der Waals surface area contributed by atoms with Crippen LogP contribution in [0.4, 0.5) is 5.69 Å². The van der Waals surface area contributed by atoms with E-state index in [0.29, 0.717) is 12.3 Å². The van der Waals surface area contributed by atoms with Crippen LogP contribution >= 0.6 is 0 Å². The van der Waals surface area contributed by atoms with Crippen molar-refractivity contribution < 1.29 is 19.4 Å². The van der Waals surface area contributed by atoms with Crippen LogP contribution in [0.3, 0.4) is 0 Å². The highest BCUT2D eigenvalue weighted by molar-refractivity contribution is 6.01. The maximum atomic E-state index is 11.4. The molecule has 88 valence electrons. The van der Waals surface area contributed by atoms with E-state index < -0.39 is 5.97 Å². The molecule has 0 bridgehead atoms. The Morgan fingerprint density at radius 1 is 1.56 bits per heavy atom. The fourth-order valence-corrected chi connectivity index (χ4v) is 1.31. The summed E-state index contributed by atoms with van der Waals surface area (Å²) < 4.78 is 4.75. The highest BCUT2D eigenvalue weighted by atomic mass is 16.5. The van der Waals surface area contributed by atoms with Crippen LogP contribution in [0.25, 0.3) is 0 Å². The first-order valence-corrected chi connectivity index (χ1v) is 4.76. The molecular formula is C10H14N2O4. The van der Waals surface area contributed by atoms with E-state index >= 15 is 0 Å². The average molecular weight is 226 g/mol. The standard InChI is InChI=1S/C10H14N2O4/c1-6-9(10(14)15)7(5-11-6)12-8(13)3-4-16-2/h5,11H,3-4H2,1-2H3,(H,12,13)(H,14,15). The van der Waals surface area contributed by atoms with Gasteiger partial charge in [0.2, 0.25) is 5.91 Å². The van der Waals surface area contributed by atoms with Crippen molar-refractivity contribution >= 4 is 17.6 Å². The Kier molecular flexibility index (Phi) is 4.07. The van der Waals surface area contributed by atoms with Crippen LogP contribution in [0, 0.1) is 6.92 Å². The molecule has 1 heterocycles. The fraction of sp³-hybridized carbons (Fsp3) is 0.400. The van der Waals surface area contributed by atoms with Crippen LogP contribution in [0.5, 0.6) is 0 Å². The van der Waals surface area contributed by atoms with E-state index in [4.69, 9.17) is 9.84 Å². The lowest BCUT2D eigenvalue weighted by molar-refractivity contribution is -0.117. The number of anilines is 1. The van der Waals surface area contributed by atoms with E-state index in [9.17, 15) is 9.59 Å². The van der Waals surface area contributed by atoms with Crippen molar-refractivity contribution in [2.75, 3.05) is 19.0 Å². The van der Waals surface area contributed by atoms with E-state index in [0.717, 1.165) is 0 Å². The number of hydrogen-bond acceptors (Lipinski definition) is 3. The molecule has 0 radical (unpaired) electrons. The summed E-state index contributed by atoms with van der Waals surface area (Å²) in [6, 6.07) is 0. The molecule has 3 N–H and O–H groups in total. The summed E-state index contributed by atoms with van der Waals surface area (Å²) in [5.74, 6) is -1.34. The van der Waals surface area contributed by atoms with Gasteiger partial charge in [-0.2, -0.15) is 0 Å². The number of aromatic carboxylic acids is 1. The van der Waals surface area contributed by atoms with Crippen molar-refractivity contribution in [2.24, 2.45) is 0 Å². The lowest BCUT2D eigenvalue weighted by Crippen LogP contribution is -2.15. The number of nitrogens with one attached hydrogen (secondary N) is 2. The second-order valence-electron chi connectivity index (χ2n) is 3.30. The van der Waals surface area contributed by atoms with Gasteiger partial charge in [0.1, 0.15) is 5.56 Å². The number of aryl methyl sites for hydroxylation is 1. The molecule has 0 aliphatic heterocycles. The van der Waals surface area contributed by atoms with Crippen molar-refractivity contribution in [3.05, 3.63) is 17.5 Å². The third-order valence-corrected chi connectivity index (χ3v) is 2.10. The van der Waals surface area contributed by atoms with Crippen molar-refractivity contribution in [1.82, 2.24) is 4.98 Å². The topological polar surface area (TPSA) is 91.4 Å². The zero-order chi connectivity index (χ0) is 12.1. The maximum absolute atomic E-state index is 11.4. The third-order valence-electron chi connectivity index (χ3n) is 2.10. The molecule has 16 heavy (non-hydrogen) atoms. The second kappa shape index (κ2) is 5.32. The molecule has 0 fully saturated rings. The third kappa shape index (κ3) is 2.83. The quantitative estimate of drug-likeness (QED) is 0.698. The van der Waals surface area contributed by atoms with Crippen LogP contribution in [0.15, 0.2) is 6.20 Å². The zero-order valence-corrected chi connectivity index (χ0v) is 9.16. The number of aromatic amines is 1. The molecule has 0 atom stereocenters. The summed E-state index contributed by atoms with van der Waals surface area (Å²) in [6.07, 6.45) is 1.66. The molecule has 0 aliphatic carbocycles. The van der Waals surface area contributed by atoms with E-state index in [1.807, 2.05) is 0 Å². The molecule has 1 amide bonds. The number of hydrogen-bond donors (Lipinski definition) is 3. The summed E-state index contributed by atoms with van der Waals surface area (Å²) in [7, 11) is 1.50. The lowest BCUT2D eigenvalue weighted by atomic mass is 10.2. The first-order valence-electron chi connectivity index (χ1n) is 4.76. The Bertz CT molecular complexity index is 398. The number of aromatic nitrogens is 1. The van der Waals surface area contributed by atoms with Gasteiger partial charge in [0.25, 0.3) is 0 Å². The van der Waals surface area contributed by atoms with Gasteiger partial charge in [0, 0.05) is 19.0 Å². The van der Waals surface area contributed by atoms with Gasteiger partial charge >= 0.3 is 5.97 Å². The zero-order valence-electron chi connectivity index (χ0n) is 9.16. The van der Waals surface area contributed by atoms with Crippen molar-refractivity contribution in [3.8, 4) is 0 Å². The molecule has 0 aromatic carbocycles. The van der Waals surface area contributed by atoms with Crippen LogP contribution in [-0.4, -0.2) is 35.7 Å². The Hall–Kier alpha value is -1.82. The summed E-state index contributed by atoms with van der Waals surface area (Å²) in [5, 5.41) is 11.4. The molecule has 0 saturated heterocycles. The van der Waals surface area contributed by atoms with Crippen molar-refractivity contribution in [2.45, 2.75) is 13.3 Å². The van der Waals surface area contributed by atoms with E-state index in [1.54, 1.807) is 6.92 Å². The molecule has 1 aromatic heterocycles. The molecule has 0 spiro atoms. The van der Waals surface area contributed by atoms with Gasteiger partial charge in [-0.1, -0.05) is 0 Å². The molecule has 6 heteroatoms. The Balaban J connectivity index is 2.74. The smallest absolute Gasteiger partial charge is 0.339 e. The Morgan fingerprint density at radius 3 is 2.81 bits per heavy atom. The number of methoxy groups -OCH3 is 1. The van der Waals surface area contributed by atoms with E-state index in [1.165, 1.54) is 13.3 Å². The number of H-pyrrole nitrogens is 1. The molecule has 0 aliphatic rings. The van der Waals surface area contributed by atoms with Gasteiger partial charge in [-0.25, -0.2) is 4.79 Å². The highest BCUT2D eigenvalue weighted by Gasteiger charge is 2.16.